The van der Waals surface area contributed by atoms with Crippen molar-refractivity contribution in [3.8, 4) is 10.6 Å². The van der Waals surface area contributed by atoms with Crippen LogP contribution in [-0.4, -0.2) is 15.8 Å². The van der Waals surface area contributed by atoms with Crippen molar-refractivity contribution in [3.05, 3.63) is 88.0 Å². The number of thiazole rings is 1. The Morgan fingerprint density at radius 1 is 1.00 bits per heavy atom. The Morgan fingerprint density at radius 3 is 2.63 bits per heavy atom. The van der Waals surface area contributed by atoms with Crippen LogP contribution < -0.4 is 0 Å². The molecule has 0 aliphatic heterocycles. The van der Waals surface area contributed by atoms with Crippen molar-refractivity contribution < 1.29 is 9.21 Å². The molecule has 0 aliphatic rings. The fourth-order valence-electron chi connectivity index (χ4n) is 2.78. The number of carbonyl (C=O) groups excluding carboxylic acids is 1. The van der Waals surface area contributed by atoms with Gasteiger partial charge in [0.2, 0.25) is 5.91 Å². The summed E-state index contributed by atoms with van der Waals surface area (Å²) >= 11 is 3.22. The highest BCUT2D eigenvalue weighted by molar-refractivity contribution is 7.13. The molecule has 0 bridgehead atoms. The van der Waals surface area contributed by atoms with Crippen LogP contribution in [0.5, 0.6) is 0 Å². The van der Waals surface area contributed by atoms with E-state index >= 15 is 0 Å². The van der Waals surface area contributed by atoms with Crippen molar-refractivity contribution >= 4 is 28.6 Å². The summed E-state index contributed by atoms with van der Waals surface area (Å²) in [5.41, 5.74) is 1.88. The van der Waals surface area contributed by atoms with Gasteiger partial charge in [-0.2, -0.15) is 0 Å². The lowest BCUT2D eigenvalue weighted by molar-refractivity contribution is -0.132. The predicted octanol–water partition coefficient (Wildman–Crippen LogP) is 5.24. The normalized spacial score (nSPS) is 10.8. The minimum absolute atomic E-state index is 0.0460. The molecule has 0 fully saturated rings. The maximum absolute atomic E-state index is 13.0. The van der Waals surface area contributed by atoms with Gasteiger partial charge in [0.05, 0.1) is 31.5 Å². The first-order valence-electron chi connectivity index (χ1n) is 8.60. The van der Waals surface area contributed by atoms with Crippen LogP contribution in [0.1, 0.15) is 16.3 Å². The van der Waals surface area contributed by atoms with Gasteiger partial charge in [0.15, 0.2) is 0 Å². The summed E-state index contributed by atoms with van der Waals surface area (Å²) < 4.78 is 5.44. The molecule has 3 aromatic heterocycles. The summed E-state index contributed by atoms with van der Waals surface area (Å²) in [5, 5.41) is 4.93. The number of rotatable bonds is 7. The Balaban J connectivity index is 1.48. The Labute approximate surface area is 165 Å². The van der Waals surface area contributed by atoms with E-state index in [0.717, 1.165) is 26.9 Å². The summed E-state index contributed by atoms with van der Waals surface area (Å²) in [6.45, 7) is 1.03. The van der Waals surface area contributed by atoms with E-state index in [0.29, 0.717) is 13.1 Å². The molecule has 0 spiro atoms. The van der Waals surface area contributed by atoms with Crippen molar-refractivity contribution in [1.82, 2.24) is 9.88 Å². The van der Waals surface area contributed by atoms with E-state index in [1.165, 1.54) is 0 Å². The highest BCUT2D eigenvalue weighted by Crippen LogP contribution is 2.24. The largest absolute Gasteiger partial charge is 0.467 e. The quantitative estimate of drug-likeness (QED) is 0.431. The SMILES string of the molecule is O=C(Cc1csc(-c2ccccc2)n1)N(Cc1ccco1)Cc1cccs1. The van der Waals surface area contributed by atoms with E-state index in [1.54, 1.807) is 28.9 Å². The number of furan rings is 1. The molecule has 0 saturated carbocycles. The molecule has 3 heterocycles. The molecule has 4 aromatic rings. The van der Waals surface area contributed by atoms with Gasteiger partial charge in [-0.15, -0.1) is 22.7 Å². The Morgan fingerprint density at radius 2 is 1.89 bits per heavy atom. The van der Waals surface area contributed by atoms with Gasteiger partial charge in [-0.3, -0.25) is 4.79 Å². The zero-order chi connectivity index (χ0) is 18.5. The number of carbonyl (C=O) groups is 1. The van der Waals surface area contributed by atoms with E-state index in [9.17, 15) is 4.79 Å². The summed E-state index contributed by atoms with van der Waals surface area (Å²) in [7, 11) is 0. The fraction of sp³-hybridized carbons (Fsp3) is 0.143. The number of aromatic nitrogens is 1. The molecule has 4 nitrogen and oxygen atoms in total. The molecule has 0 atom stereocenters. The molecule has 0 N–H and O–H groups in total. The van der Waals surface area contributed by atoms with Crippen molar-refractivity contribution in [2.75, 3.05) is 0 Å². The van der Waals surface area contributed by atoms with Crippen molar-refractivity contribution in [2.45, 2.75) is 19.5 Å². The molecule has 1 amide bonds. The Kier molecular flexibility index (Phi) is 5.46. The second-order valence-corrected chi connectivity index (χ2v) is 7.99. The van der Waals surface area contributed by atoms with Gasteiger partial charge in [-0.25, -0.2) is 4.98 Å². The van der Waals surface area contributed by atoms with Crippen molar-refractivity contribution in [2.24, 2.45) is 0 Å². The van der Waals surface area contributed by atoms with E-state index in [1.807, 2.05) is 70.3 Å². The first kappa shape index (κ1) is 17.7. The maximum Gasteiger partial charge on any atom is 0.229 e. The Bertz CT molecular complexity index is 940. The van der Waals surface area contributed by atoms with E-state index in [2.05, 4.69) is 4.98 Å². The number of benzene rings is 1. The molecule has 0 saturated heterocycles. The van der Waals surface area contributed by atoms with Crippen LogP contribution in [0.25, 0.3) is 10.6 Å². The minimum Gasteiger partial charge on any atom is -0.467 e. The molecule has 6 heteroatoms. The Hall–Kier alpha value is -2.70. The number of hydrogen-bond acceptors (Lipinski definition) is 5. The first-order chi connectivity index (χ1) is 13.3. The molecule has 136 valence electrons. The molecule has 0 radical (unpaired) electrons. The van der Waals surface area contributed by atoms with Gasteiger partial charge in [0, 0.05) is 15.8 Å². The molecule has 1 aromatic carbocycles. The van der Waals surface area contributed by atoms with Gasteiger partial charge in [0.1, 0.15) is 10.8 Å². The number of nitrogens with zero attached hydrogens (tertiary/aromatic N) is 2. The zero-order valence-corrected chi connectivity index (χ0v) is 16.2. The van der Waals surface area contributed by atoms with Crippen LogP contribution in [0.15, 0.2) is 76.0 Å². The number of amides is 1. The molecular formula is C21H18N2O2S2. The lowest BCUT2D eigenvalue weighted by atomic mass is 10.2. The zero-order valence-electron chi connectivity index (χ0n) is 14.6. The standard InChI is InChI=1S/C21H18N2O2S2/c24-20(12-17-15-27-21(22-17)16-6-2-1-3-7-16)23(13-18-8-4-10-25-18)14-19-9-5-11-26-19/h1-11,15H,12-14H2. The lowest BCUT2D eigenvalue weighted by Gasteiger charge is -2.20. The van der Waals surface area contributed by atoms with Crippen LogP contribution in [0.4, 0.5) is 0 Å². The van der Waals surface area contributed by atoms with E-state index in [-0.39, 0.29) is 12.3 Å². The van der Waals surface area contributed by atoms with E-state index in [4.69, 9.17) is 4.42 Å². The monoisotopic (exact) mass is 394 g/mol. The summed E-state index contributed by atoms with van der Waals surface area (Å²) in [6.07, 6.45) is 1.92. The van der Waals surface area contributed by atoms with Crippen LogP contribution in [0.3, 0.4) is 0 Å². The van der Waals surface area contributed by atoms with Crippen LogP contribution in [-0.2, 0) is 24.3 Å². The average molecular weight is 395 g/mol. The molecule has 4 rings (SSSR count). The van der Waals surface area contributed by atoms with Gasteiger partial charge < -0.3 is 9.32 Å². The van der Waals surface area contributed by atoms with Gasteiger partial charge in [0.25, 0.3) is 0 Å². The average Bonchev–Trinajstić information content (AvgIpc) is 3.45. The second kappa shape index (κ2) is 8.33. The van der Waals surface area contributed by atoms with Gasteiger partial charge in [-0.05, 0) is 23.6 Å². The topological polar surface area (TPSA) is 46.3 Å². The van der Waals surface area contributed by atoms with Crippen molar-refractivity contribution in [3.63, 3.8) is 0 Å². The lowest BCUT2D eigenvalue weighted by Crippen LogP contribution is -2.31. The van der Waals surface area contributed by atoms with Gasteiger partial charge in [-0.1, -0.05) is 36.4 Å². The van der Waals surface area contributed by atoms with Crippen LogP contribution >= 0.6 is 22.7 Å². The number of hydrogen-bond donors (Lipinski definition) is 0. The fourth-order valence-corrected chi connectivity index (χ4v) is 4.33. The molecule has 0 aliphatic carbocycles. The third-order valence-corrected chi connectivity index (χ3v) is 5.91. The summed E-state index contributed by atoms with van der Waals surface area (Å²) in [4.78, 5) is 20.6. The van der Waals surface area contributed by atoms with E-state index < -0.39 is 0 Å². The van der Waals surface area contributed by atoms with Crippen molar-refractivity contribution in [1.29, 1.82) is 0 Å². The molecular weight excluding hydrogens is 376 g/mol. The highest BCUT2D eigenvalue weighted by Gasteiger charge is 2.18. The number of thiophene rings is 1. The second-order valence-electron chi connectivity index (χ2n) is 6.10. The van der Waals surface area contributed by atoms with Crippen LogP contribution in [0.2, 0.25) is 0 Å². The minimum atomic E-state index is 0.0460. The summed E-state index contributed by atoms with van der Waals surface area (Å²) in [6, 6.07) is 17.8. The predicted molar refractivity (Wildman–Crippen MR) is 109 cm³/mol. The maximum atomic E-state index is 13.0. The third kappa shape index (κ3) is 4.53. The van der Waals surface area contributed by atoms with Crippen LogP contribution in [0, 0.1) is 0 Å². The molecule has 27 heavy (non-hydrogen) atoms. The molecule has 0 unspecified atom stereocenters. The summed E-state index contributed by atoms with van der Waals surface area (Å²) in [5.74, 6) is 0.827. The van der Waals surface area contributed by atoms with Gasteiger partial charge >= 0.3 is 0 Å². The smallest absolute Gasteiger partial charge is 0.229 e. The third-order valence-electron chi connectivity index (χ3n) is 4.11. The first-order valence-corrected chi connectivity index (χ1v) is 10.4. The highest BCUT2D eigenvalue weighted by atomic mass is 32.1.